The Morgan fingerprint density at radius 1 is 1.13 bits per heavy atom. The van der Waals surface area contributed by atoms with Crippen LogP contribution in [0.1, 0.15) is 53.9 Å². The molecular formula is C31H32N4O4. The van der Waals surface area contributed by atoms with E-state index in [0.717, 1.165) is 46.8 Å². The number of carbonyl (C=O) groups excluding carboxylic acids is 2. The molecule has 0 radical (unpaired) electrons. The average molecular weight is 525 g/mol. The highest BCUT2D eigenvalue weighted by molar-refractivity contribution is 6.03. The SMILES string of the molecule is CCCn1c(C)cc(/C=C(\C#N)C(=O)OCC(=O)N2N=C(c3ccccc3)C[C@@H]2c2ccc(OC)cc2)c1C. The number of hydrogen-bond donors (Lipinski definition) is 0. The lowest BCUT2D eigenvalue weighted by Gasteiger charge is -2.22. The summed E-state index contributed by atoms with van der Waals surface area (Å²) in [7, 11) is 1.60. The molecule has 39 heavy (non-hydrogen) atoms. The Kier molecular flexibility index (Phi) is 8.62. The number of rotatable bonds is 9. The number of hydrogen-bond acceptors (Lipinski definition) is 6. The van der Waals surface area contributed by atoms with Crippen LogP contribution in [0.2, 0.25) is 0 Å². The first kappa shape index (κ1) is 27.4. The Balaban J connectivity index is 1.52. The van der Waals surface area contributed by atoms with Crippen molar-refractivity contribution in [2.24, 2.45) is 5.10 Å². The van der Waals surface area contributed by atoms with Gasteiger partial charge in [0.15, 0.2) is 6.61 Å². The number of amides is 1. The molecule has 200 valence electrons. The molecular weight excluding hydrogens is 492 g/mol. The summed E-state index contributed by atoms with van der Waals surface area (Å²) < 4.78 is 12.7. The molecule has 0 aliphatic carbocycles. The summed E-state index contributed by atoms with van der Waals surface area (Å²) >= 11 is 0. The summed E-state index contributed by atoms with van der Waals surface area (Å²) in [6, 6.07) is 20.6. The molecule has 8 heteroatoms. The fourth-order valence-electron chi connectivity index (χ4n) is 4.74. The molecule has 0 saturated carbocycles. The molecule has 0 bridgehead atoms. The second-order valence-corrected chi connectivity index (χ2v) is 9.37. The number of nitriles is 1. The molecule has 1 aliphatic heterocycles. The van der Waals surface area contributed by atoms with Gasteiger partial charge < -0.3 is 14.0 Å². The topological polar surface area (TPSA) is 96.9 Å². The van der Waals surface area contributed by atoms with Gasteiger partial charge in [-0.2, -0.15) is 10.4 Å². The first-order chi connectivity index (χ1) is 18.9. The van der Waals surface area contributed by atoms with Gasteiger partial charge in [-0.05, 0) is 61.2 Å². The molecule has 0 N–H and O–H groups in total. The van der Waals surface area contributed by atoms with Crippen LogP contribution in [0.15, 0.2) is 71.3 Å². The molecule has 3 aromatic rings. The monoisotopic (exact) mass is 524 g/mol. The van der Waals surface area contributed by atoms with E-state index in [2.05, 4.69) is 16.6 Å². The van der Waals surface area contributed by atoms with E-state index in [4.69, 9.17) is 9.47 Å². The fourth-order valence-corrected chi connectivity index (χ4v) is 4.74. The van der Waals surface area contributed by atoms with Gasteiger partial charge in [0, 0.05) is 24.4 Å². The summed E-state index contributed by atoms with van der Waals surface area (Å²) in [6.07, 6.45) is 2.99. The van der Waals surface area contributed by atoms with Gasteiger partial charge in [0.2, 0.25) is 0 Å². The van der Waals surface area contributed by atoms with E-state index in [1.54, 1.807) is 7.11 Å². The number of aryl methyl sites for hydroxylation is 1. The highest BCUT2D eigenvalue weighted by Gasteiger charge is 2.33. The molecule has 0 fully saturated rings. The molecule has 2 heterocycles. The Morgan fingerprint density at radius 3 is 2.49 bits per heavy atom. The van der Waals surface area contributed by atoms with Gasteiger partial charge in [0.25, 0.3) is 5.91 Å². The third-order valence-corrected chi connectivity index (χ3v) is 6.80. The van der Waals surface area contributed by atoms with Crippen molar-refractivity contribution in [1.82, 2.24) is 9.58 Å². The van der Waals surface area contributed by atoms with Crippen LogP contribution in [0.4, 0.5) is 0 Å². The van der Waals surface area contributed by atoms with Crippen molar-refractivity contribution >= 4 is 23.7 Å². The highest BCUT2D eigenvalue weighted by atomic mass is 16.5. The summed E-state index contributed by atoms with van der Waals surface area (Å²) in [4.78, 5) is 26.1. The van der Waals surface area contributed by atoms with Crippen LogP contribution in [0.5, 0.6) is 5.75 Å². The molecule has 0 unspecified atom stereocenters. The van der Waals surface area contributed by atoms with E-state index in [0.29, 0.717) is 12.2 Å². The maximum absolute atomic E-state index is 13.3. The Hall–Kier alpha value is -4.64. The van der Waals surface area contributed by atoms with Gasteiger partial charge in [-0.3, -0.25) is 4.79 Å². The van der Waals surface area contributed by atoms with Gasteiger partial charge >= 0.3 is 5.97 Å². The van der Waals surface area contributed by atoms with Gasteiger partial charge in [-0.1, -0.05) is 49.4 Å². The number of aromatic nitrogens is 1. The summed E-state index contributed by atoms with van der Waals surface area (Å²) in [6.45, 7) is 6.35. The average Bonchev–Trinajstić information content (AvgIpc) is 3.52. The Morgan fingerprint density at radius 2 is 1.85 bits per heavy atom. The maximum atomic E-state index is 13.3. The second kappa shape index (κ2) is 12.3. The molecule has 8 nitrogen and oxygen atoms in total. The van der Waals surface area contributed by atoms with Crippen molar-refractivity contribution in [3.63, 3.8) is 0 Å². The van der Waals surface area contributed by atoms with E-state index >= 15 is 0 Å². The smallest absolute Gasteiger partial charge is 0.349 e. The van der Waals surface area contributed by atoms with Crippen LogP contribution < -0.4 is 4.74 Å². The zero-order chi connectivity index (χ0) is 27.9. The van der Waals surface area contributed by atoms with E-state index in [9.17, 15) is 14.9 Å². The minimum atomic E-state index is -0.849. The van der Waals surface area contributed by atoms with Gasteiger partial charge in [-0.15, -0.1) is 0 Å². The zero-order valence-electron chi connectivity index (χ0n) is 22.7. The van der Waals surface area contributed by atoms with Crippen molar-refractivity contribution in [3.05, 3.63) is 94.3 Å². The first-order valence-electron chi connectivity index (χ1n) is 12.9. The number of benzene rings is 2. The van der Waals surface area contributed by atoms with Gasteiger partial charge in [0.05, 0.1) is 18.9 Å². The van der Waals surface area contributed by atoms with Crippen LogP contribution in [0.25, 0.3) is 6.08 Å². The summed E-state index contributed by atoms with van der Waals surface area (Å²) in [5.41, 5.74) is 5.18. The van der Waals surface area contributed by atoms with Crippen molar-refractivity contribution in [3.8, 4) is 11.8 Å². The molecule has 1 aromatic heterocycles. The number of hydrazone groups is 1. The van der Waals surface area contributed by atoms with Crippen molar-refractivity contribution < 1.29 is 19.1 Å². The predicted molar refractivity (Wildman–Crippen MR) is 149 cm³/mol. The normalized spacial score (nSPS) is 15.1. The van der Waals surface area contributed by atoms with E-state index < -0.39 is 18.5 Å². The Labute approximate surface area is 228 Å². The summed E-state index contributed by atoms with van der Waals surface area (Å²) in [5.74, 6) is -0.619. The quantitative estimate of drug-likeness (QED) is 0.214. The van der Waals surface area contributed by atoms with Crippen molar-refractivity contribution in [2.75, 3.05) is 13.7 Å². The molecule has 1 atom stereocenters. The molecule has 0 spiro atoms. The minimum Gasteiger partial charge on any atom is -0.497 e. The van der Waals surface area contributed by atoms with E-state index in [-0.39, 0.29) is 11.6 Å². The van der Waals surface area contributed by atoms with Gasteiger partial charge in [0.1, 0.15) is 17.4 Å². The van der Waals surface area contributed by atoms with Crippen LogP contribution in [-0.2, 0) is 20.9 Å². The largest absolute Gasteiger partial charge is 0.497 e. The number of nitrogens with zero attached hydrogens (tertiary/aromatic N) is 4. The summed E-state index contributed by atoms with van der Waals surface area (Å²) in [5, 5.41) is 15.6. The number of carbonyl (C=O) groups is 2. The lowest BCUT2D eigenvalue weighted by Crippen LogP contribution is -2.31. The molecule has 4 rings (SSSR count). The minimum absolute atomic E-state index is 0.166. The van der Waals surface area contributed by atoms with Crippen LogP contribution in [0.3, 0.4) is 0 Å². The third kappa shape index (κ3) is 6.10. The molecule has 1 aliphatic rings. The third-order valence-electron chi connectivity index (χ3n) is 6.80. The zero-order valence-corrected chi connectivity index (χ0v) is 22.7. The fraction of sp³-hybridized carbons (Fsp3) is 0.290. The second-order valence-electron chi connectivity index (χ2n) is 9.37. The standard InChI is InChI=1S/C31H32N4O4/c1-5-15-34-21(2)16-25(22(34)3)17-26(19-32)31(37)39-20-30(36)35-29(24-11-13-27(38-4)14-12-24)18-28(33-35)23-9-7-6-8-10-23/h6-14,16-17,29H,5,15,18,20H2,1-4H3/b26-17+/t29-/m1/s1. The Bertz CT molecular complexity index is 1450. The number of esters is 1. The first-order valence-corrected chi connectivity index (χ1v) is 12.9. The molecule has 2 aromatic carbocycles. The predicted octanol–water partition coefficient (Wildman–Crippen LogP) is 5.35. The maximum Gasteiger partial charge on any atom is 0.349 e. The molecule has 1 amide bonds. The van der Waals surface area contributed by atoms with Crippen molar-refractivity contribution in [2.45, 2.75) is 46.2 Å². The van der Waals surface area contributed by atoms with Crippen molar-refractivity contribution in [1.29, 1.82) is 5.26 Å². The number of methoxy groups -OCH3 is 1. The van der Waals surface area contributed by atoms with E-state index in [1.807, 2.05) is 80.6 Å². The van der Waals surface area contributed by atoms with Crippen LogP contribution >= 0.6 is 0 Å². The van der Waals surface area contributed by atoms with Gasteiger partial charge in [-0.25, -0.2) is 9.80 Å². The highest BCUT2D eigenvalue weighted by Crippen LogP contribution is 2.33. The van der Waals surface area contributed by atoms with Crippen LogP contribution in [0, 0.1) is 25.2 Å². The lowest BCUT2D eigenvalue weighted by atomic mass is 9.98. The number of ether oxygens (including phenoxy) is 2. The molecule has 0 saturated heterocycles. The van der Waals surface area contributed by atoms with Crippen LogP contribution in [-0.4, -0.2) is 40.9 Å². The lowest BCUT2D eigenvalue weighted by molar-refractivity contribution is -0.149. The van der Waals surface area contributed by atoms with E-state index in [1.165, 1.54) is 11.1 Å².